The van der Waals surface area contributed by atoms with Crippen molar-refractivity contribution >= 4 is 5.97 Å². The van der Waals surface area contributed by atoms with E-state index < -0.39 is 5.97 Å². The first-order valence-electron chi connectivity index (χ1n) is 2.49. The Balaban J connectivity index is -0.0000000600. The van der Waals surface area contributed by atoms with Gasteiger partial charge in [-0.2, -0.15) is 0 Å². The summed E-state index contributed by atoms with van der Waals surface area (Å²) in [5.41, 5.74) is 0. The summed E-state index contributed by atoms with van der Waals surface area (Å²) >= 11 is 0. The number of rotatable bonds is 3. The van der Waals surface area contributed by atoms with Crippen LogP contribution in [-0.4, -0.2) is 11.1 Å². The molecule has 0 bridgehead atoms. The summed E-state index contributed by atoms with van der Waals surface area (Å²) in [5.74, 6) is -0.693. The normalized spacial score (nSPS) is 6.78. The van der Waals surface area contributed by atoms with Crippen LogP contribution in [0.25, 0.3) is 0 Å². The molecule has 0 aromatic heterocycles. The maximum Gasteiger partial charge on any atom is 1.00 e. The molecule has 2 nitrogen and oxygen atoms in total. The van der Waals surface area contributed by atoms with E-state index in [1.165, 1.54) is 0 Å². The predicted octanol–water partition coefficient (Wildman–Crippen LogP) is -1.62. The van der Waals surface area contributed by atoms with Crippen LogP contribution in [0.5, 0.6) is 0 Å². The average molecular weight is 208 g/mol. The van der Waals surface area contributed by atoms with E-state index in [1.807, 2.05) is 6.92 Å². The van der Waals surface area contributed by atoms with Crippen LogP contribution in [0.4, 0.5) is 0 Å². The third kappa shape index (κ3) is 17.7. The minimum Gasteiger partial charge on any atom is -1.00 e. The first-order valence-corrected chi connectivity index (χ1v) is 2.49. The summed E-state index contributed by atoms with van der Waals surface area (Å²) in [7, 11) is 0. The van der Waals surface area contributed by atoms with Crippen LogP contribution in [-0.2, 0) is 24.3 Å². The number of carboxylic acids is 1. The Hall–Kier alpha value is 1.73. The summed E-state index contributed by atoms with van der Waals surface area (Å²) in [6.07, 6.45) is 2.08. The van der Waals surface area contributed by atoms with Crippen LogP contribution in [0, 0.1) is 0 Å². The van der Waals surface area contributed by atoms with Gasteiger partial charge in [-0.05, 0) is 6.42 Å². The van der Waals surface area contributed by atoms with E-state index in [2.05, 4.69) is 0 Å². The fraction of sp³-hybridized carbons (Fsp3) is 0.800. The smallest absolute Gasteiger partial charge is 1.00 e. The first kappa shape index (κ1) is 17.0. The van der Waals surface area contributed by atoms with Gasteiger partial charge in [0.2, 0.25) is 0 Å². The summed E-state index contributed by atoms with van der Waals surface area (Å²) in [6, 6.07) is 0. The Morgan fingerprint density at radius 1 is 1.67 bits per heavy atom. The maximum atomic E-state index is 9.76. The molecule has 4 heteroatoms. The summed E-state index contributed by atoms with van der Waals surface area (Å²) in [5, 5.41) is 8.04. The van der Waals surface area contributed by atoms with Crippen molar-refractivity contribution in [2.45, 2.75) is 26.2 Å². The van der Waals surface area contributed by atoms with Crippen molar-refractivity contribution in [3.05, 3.63) is 0 Å². The number of aliphatic carboxylic acids is 1. The van der Waals surface area contributed by atoms with Crippen LogP contribution < -0.4 is 51.4 Å². The second-order valence-electron chi connectivity index (χ2n) is 1.50. The van der Waals surface area contributed by atoms with E-state index in [-0.39, 0.29) is 72.3 Å². The minimum absolute atomic E-state index is 0. The molecule has 0 saturated heterocycles. The molecule has 0 rings (SSSR count). The standard InChI is InChI=1S/C5H10O2.K.Zn.H/c1-2-3-4-5(6)7;;;/h2-4H2,1H3,(H,6,7);;;/q;+1;;-1. The van der Waals surface area contributed by atoms with Crippen molar-refractivity contribution in [3.63, 3.8) is 0 Å². The number of unbranched alkanes of at least 4 members (excludes halogenated alkanes) is 1. The Kier molecular flexibility index (Phi) is 23.4. The van der Waals surface area contributed by atoms with Crippen LogP contribution in [0.1, 0.15) is 27.6 Å². The van der Waals surface area contributed by atoms with Gasteiger partial charge in [0.1, 0.15) is 0 Å². The molecule has 0 radical (unpaired) electrons. The Morgan fingerprint density at radius 3 is 2.22 bits per heavy atom. The number of carbonyl (C=O) groups is 1. The average Bonchev–Trinajstić information content (AvgIpc) is 1.61. The number of hydrogen-bond donors (Lipinski definition) is 1. The Morgan fingerprint density at radius 2 is 2.11 bits per heavy atom. The molecule has 0 fully saturated rings. The third-order valence-corrected chi connectivity index (χ3v) is 0.744. The van der Waals surface area contributed by atoms with Crippen LogP contribution in [0.15, 0.2) is 0 Å². The molecule has 0 aliphatic rings. The third-order valence-electron chi connectivity index (χ3n) is 0.744. The van der Waals surface area contributed by atoms with E-state index in [0.29, 0.717) is 6.42 Å². The van der Waals surface area contributed by atoms with Crippen LogP contribution in [0.3, 0.4) is 0 Å². The zero-order valence-electron chi connectivity index (χ0n) is 7.18. The molecule has 0 aliphatic carbocycles. The zero-order valence-corrected chi connectivity index (χ0v) is 12.3. The maximum absolute atomic E-state index is 9.76. The molecular weight excluding hydrogens is 197 g/mol. The second-order valence-corrected chi connectivity index (χ2v) is 1.50. The molecule has 0 aromatic rings. The van der Waals surface area contributed by atoms with Crippen molar-refractivity contribution in [3.8, 4) is 0 Å². The van der Waals surface area contributed by atoms with E-state index in [1.54, 1.807) is 0 Å². The summed E-state index contributed by atoms with van der Waals surface area (Å²) in [4.78, 5) is 9.76. The van der Waals surface area contributed by atoms with Crippen molar-refractivity contribution in [1.82, 2.24) is 0 Å². The van der Waals surface area contributed by atoms with Gasteiger partial charge in [-0.25, -0.2) is 0 Å². The molecule has 0 atom stereocenters. The molecule has 46 valence electrons. The molecule has 0 heterocycles. The van der Waals surface area contributed by atoms with Crippen molar-refractivity contribution in [2.75, 3.05) is 0 Å². The van der Waals surface area contributed by atoms with Crippen LogP contribution >= 0.6 is 0 Å². The van der Waals surface area contributed by atoms with Gasteiger partial charge in [0, 0.05) is 25.9 Å². The molecule has 1 N–H and O–H groups in total. The SMILES string of the molecule is CCCCC(=O)O.[H-].[K+].[Zn]. The van der Waals surface area contributed by atoms with E-state index in [9.17, 15) is 4.79 Å². The summed E-state index contributed by atoms with van der Waals surface area (Å²) < 4.78 is 0. The van der Waals surface area contributed by atoms with Gasteiger partial charge in [-0.3, -0.25) is 4.79 Å². The monoisotopic (exact) mass is 206 g/mol. The first-order chi connectivity index (χ1) is 3.27. The number of carboxylic acid groups (broad SMARTS) is 1. The predicted molar refractivity (Wildman–Crippen MR) is 28.3 cm³/mol. The fourth-order valence-electron chi connectivity index (χ4n) is 0.328. The van der Waals surface area contributed by atoms with Gasteiger partial charge >= 0.3 is 57.4 Å². The van der Waals surface area contributed by atoms with Gasteiger partial charge in [-0.15, -0.1) is 0 Å². The zero-order chi connectivity index (χ0) is 5.70. The molecule has 9 heavy (non-hydrogen) atoms. The van der Waals surface area contributed by atoms with Gasteiger partial charge in [0.25, 0.3) is 0 Å². The molecule has 0 amide bonds. The number of hydrogen-bond acceptors (Lipinski definition) is 1. The van der Waals surface area contributed by atoms with Gasteiger partial charge < -0.3 is 6.53 Å². The Bertz CT molecular complexity index is 72.7. The van der Waals surface area contributed by atoms with Crippen molar-refractivity contribution in [1.29, 1.82) is 0 Å². The quantitative estimate of drug-likeness (QED) is 0.565. The molecule has 0 aliphatic heterocycles. The van der Waals surface area contributed by atoms with E-state index >= 15 is 0 Å². The molecule has 0 unspecified atom stereocenters. The molecule has 0 aromatic carbocycles. The largest absolute Gasteiger partial charge is 1.00 e. The van der Waals surface area contributed by atoms with Gasteiger partial charge in [0.05, 0.1) is 0 Å². The van der Waals surface area contributed by atoms with Gasteiger partial charge in [0.15, 0.2) is 0 Å². The van der Waals surface area contributed by atoms with Gasteiger partial charge in [-0.1, -0.05) is 13.3 Å². The summed E-state index contributed by atoms with van der Waals surface area (Å²) in [6.45, 7) is 1.98. The molecular formula is C5H11KO2Zn. The minimum atomic E-state index is -0.693. The van der Waals surface area contributed by atoms with E-state index in [0.717, 1.165) is 12.8 Å². The van der Waals surface area contributed by atoms with E-state index in [4.69, 9.17) is 5.11 Å². The van der Waals surface area contributed by atoms with Crippen molar-refractivity contribution < 1.29 is 82.2 Å². The molecule has 0 spiro atoms. The van der Waals surface area contributed by atoms with Crippen molar-refractivity contribution in [2.24, 2.45) is 0 Å². The topological polar surface area (TPSA) is 37.3 Å². The van der Waals surface area contributed by atoms with Crippen LogP contribution in [0.2, 0.25) is 0 Å². The Labute approximate surface area is 112 Å². The fourth-order valence-corrected chi connectivity index (χ4v) is 0.328. The second kappa shape index (κ2) is 12.4. The molecule has 0 saturated carbocycles.